The first kappa shape index (κ1) is 23.5. The lowest BCUT2D eigenvalue weighted by atomic mass is 9.99. The van der Waals surface area contributed by atoms with Gasteiger partial charge in [0.1, 0.15) is 0 Å². The summed E-state index contributed by atoms with van der Waals surface area (Å²) in [7, 11) is -0.484. The fourth-order valence-electron chi connectivity index (χ4n) is 4.44. The SMILES string of the molecule is CC(C)P(c1ccccc1C(N)c1ccccc1P(C(C)C)C(C)C)C(C)C. The number of benzene rings is 2. The molecular formula is C25H39NP2. The topological polar surface area (TPSA) is 26.0 Å². The summed E-state index contributed by atoms with van der Waals surface area (Å²) in [5.74, 6) is 0. The van der Waals surface area contributed by atoms with Gasteiger partial charge < -0.3 is 5.73 Å². The Kier molecular flexibility index (Phi) is 8.69. The van der Waals surface area contributed by atoms with Crippen LogP contribution < -0.4 is 16.3 Å². The molecule has 28 heavy (non-hydrogen) atoms. The van der Waals surface area contributed by atoms with Crippen molar-refractivity contribution >= 4 is 26.5 Å². The molecular weight excluding hydrogens is 376 g/mol. The molecule has 0 spiro atoms. The van der Waals surface area contributed by atoms with E-state index in [9.17, 15) is 0 Å². The first-order valence-corrected chi connectivity index (χ1v) is 13.6. The highest BCUT2D eigenvalue weighted by atomic mass is 31.1. The van der Waals surface area contributed by atoms with E-state index in [4.69, 9.17) is 5.73 Å². The second-order valence-corrected chi connectivity index (χ2v) is 15.5. The molecule has 0 amide bonds. The number of rotatable bonds is 8. The van der Waals surface area contributed by atoms with Crippen LogP contribution in [0.25, 0.3) is 0 Å². The van der Waals surface area contributed by atoms with Crippen LogP contribution in [-0.2, 0) is 0 Å². The van der Waals surface area contributed by atoms with Gasteiger partial charge in [0.05, 0.1) is 6.04 Å². The molecule has 0 saturated heterocycles. The highest BCUT2D eigenvalue weighted by Crippen LogP contribution is 2.48. The van der Waals surface area contributed by atoms with Gasteiger partial charge in [-0.25, -0.2) is 0 Å². The Morgan fingerprint density at radius 2 is 0.821 bits per heavy atom. The summed E-state index contributed by atoms with van der Waals surface area (Å²) < 4.78 is 0. The van der Waals surface area contributed by atoms with Gasteiger partial charge in [0, 0.05) is 0 Å². The molecule has 0 atom stereocenters. The number of hydrogen-bond acceptors (Lipinski definition) is 1. The van der Waals surface area contributed by atoms with Crippen molar-refractivity contribution in [3.05, 3.63) is 59.7 Å². The molecule has 0 fully saturated rings. The van der Waals surface area contributed by atoms with Gasteiger partial charge in [-0.1, -0.05) is 120 Å². The molecule has 3 heteroatoms. The van der Waals surface area contributed by atoms with E-state index in [-0.39, 0.29) is 21.9 Å². The van der Waals surface area contributed by atoms with E-state index in [2.05, 4.69) is 104 Å². The number of nitrogens with two attached hydrogens (primary N) is 1. The maximum atomic E-state index is 7.01. The van der Waals surface area contributed by atoms with E-state index in [0.29, 0.717) is 22.6 Å². The summed E-state index contributed by atoms with van der Waals surface area (Å²) in [6, 6.07) is 17.8. The van der Waals surface area contributed by atoms with E-state index in [1.807, 2.05) is 0 Å². The van der Waals surface area contributed by atoms with Crippen LogP contribution in [0.5, 0.6) is 0 Å². The minimum Gasteiger partial charge on any atom is -0.320 e. The summed E-state index contributed by atoms with van der Waals surface area (Å²) in [5.41, 5.74) is 12.3. The van der Waals surface area contributed by atoms with E-state index in [0.717, 1.165) is 0 Å². The first-order valence-electron chi connectivity index (χ1n) is 10.7. The summed E-state index contributed by atoms with van der Waals surface area (Å²) in [6.07, 6.45) is 0. The minimum atomic E-state index is -0.242. The predicted molar refractivity (Wildman–Crippen MR) is 133 cm³/mol. The van der Waals surface area contributed by atoms with Crippen LogP contribution in [0, 0.1) is 0 Å². The Bertz CT molecular complexity index is 672. The predicted octanol–water partition coefficient (Wildman–Crippen LogP) is 6.58. The quantitative estimate of drug-likeness (QED) is 0.484. The third-order valence-corrected chi connectivity index (χ3v) is 11.7. The van der Waals surface area contributed by atoms with Gasteiger partial charge in [0.15, 0.2) is 0 Å². The second kappa shape index (κ2) is 10.3. The van der Waals surface area contributed by atoms with E-state index in [1.165, 1.54) is 21.7 Å². The molecule has 0 radical (unpaired) electrons. The van der Waals surface area contributed by atoms with Crippen molar-refractivity contribution in [2.24, 2.45) is 5.73 Å². The van der Waals surface area contributed by atoms with Crippen molar-refractivity contribution in [3.8, 4) is 0 Å². The van der Waals surface area contributed by atoms with Crippen molar-refractivity contribution in [1.82, 2.24) is 0 Å². The van der Waals surface area contributed by atoms with Crippen LogP contribution in [0.4, 0.5) is 0 Å². The Balaban J connectivity index is 2.59. The van der Waals surface area contributed by atoms with E-state index >= 15 is 0 Å². The largest absolute Gasteiger partial charge is 0.320 e. The third kappa shape index (κ3) is 5.24. The highest BCUT2D eigenvalue weighted by molar-refractivity contribution is 7.67. The molecule has 0 aliphatic rings. The normalized spacial score (nSPS) is 12.6. The molecule has 2 aromatic carbocycles. The zero-order chi connectivity index (χ0) is 21.0. The lowest BCUT2D eigenvalue weighted by Crippen LogP contribution is -2.29. The summed E-state index contributed by atoms with van der Waals surface area (Å²) in [5, 5.41) is 2.98. The van der Waals surface area contributed by atoms with Crippen LogP contribution >= 0.6 is 15.8 Å². The molecule has 0 aliphatic heterocycles. The van der Waals surface area contributed by atoms with Gasteiger partial charge >= 0.3 is 0 Å². The molecule has 0 saturated carbocycles. The Morgan fingerprint density at radius 1 is 0.536 bits per heavy atom. The third-order valence-electron chi connectivity index (χ3n) is 5.33. The van der Waals surface area contributed by atoms with Crippen LogP contribution in [0.1, 0.15) is 72.6 Å². The van der Waals surface area contributed by atoms with Gasteiger partial charge in [-0.2, -0.15) is 0 Å². The van der Waals surface area contributed by atoms with Gasteiger partial charge in [0.2, 0.25) is 0 Å². The first-order chi connectivity index (χ1) is 13.2. The maximum Gasteiger partial charge on any atom is 0.0564 e. The molecule has 0 aliphatic carbocycles. The van der Waals surface area contributed by atoms with Crippen molar-refractivity contribution in [2.75, 3.05) is 0 Å². The standard InChI is InChI=1S/C25H39NP2/c1-17(2)27(18(3)4)23-15-11-9-13-21(23)25(26)22-14-10-12-16-24(22)28(19(5)6)20(7)8/h9-20,25H,26H2,1-8H3. The van der Waals surface area contributed by atoms with Gasteiger partial charge in [-0.15, -0.1) is 0 Å². The fourth-order valence-corrected chi connectivity index (χ4v) is 10.6. The fraction of sp³-hybridized carbons (Fsp3) is 0.520. The monoisotopic (exact) mass is 415 g/mol. The minimum absolute atomic E-state index is 0.0580. The van der Waals surface area contributed by atoms with Crippen LogP contribution in [0.3, 0.4) is 0 Å². The molecule has 2 rings (SSSR count). The van der Waals surface area contributed by atoms with Crippen LogP contribution in [0.2, 0.25) is 0 Å². The molecule has 1 nitrogen and oxygen atoms in total. The maximum absolute atomic E-state index is 7.01. The summed E-state index contributed by atoms with van der Waals surface area (Å²) in [4.78, 5) is 0. The smallest absolute Gasteiger partial charge is 0.0564 e. The zero-order valence-electron chi connectivity index (χ0n) is 19.0. The van der Waals surface area contributed by atoms with Crippen molar-refractivity contribution in [3.63, 3.8) is 0 Å². The molecule has 2 aromatic rings. The Morgan fingerprint density at radius 3 is 1.11 bits per heavy atom. The van der Waals surface area contributed by atoms with Crippen molar-refractivity contribution in [2.45, 2.75) is 84.1 Å². The zero-order valence-corrected chi connectivity index (χ0v) is 20.8. The number of hydrogen-bond donors (Lipinski definition) is 1. The molecule has 0 aromatic heterocycles. The molecule has 0 bridgehead atoms. The second-order valence-electron chi connectivity index (χ2n) is 8.78. The average Bonchev–Trinajstić information content (AvgIpc) is 2.61. The molecule has 0 unspecified atom stereocenters. The summed E-state index contributed by atoms with van der Waals surface area (Å²) >= 11 is 0. The Labute approximate surface area is 176 Å². The lowest BCUT2D eigenvalue weighted by molar-refractivity contribution is 0.881. The van der Waals surface area contributed by atoms with Crippen molar-refractivity contribution < 1.29 is 0 Å². The highest BCUT2D eigenvalue weighted by Gasteiger charge is 2.27. The van der Waals surface area contributed by atoms with Gasteiger partial charge in [0.25, 0.3) is 0 Å². The van der Waals surface area contributed by atoms with E-state index < -0.39 is 0 Å². The average molecular weight is 416 g/mol. The van der Waals surface area contributed by atoms with Crippen LogP contribution in [0.15, 0.2) is 48.5 Å². The van der Waals surface area contributed by atoms with Crippen molar-refractivity contribution in [1.29, 1.82) is 0 Å². The Hall–Kier alpha value is -0.740. The van der Waals surface area contributed by atoms with E-state index in [1.54, 1.807) is 0 Å². The van der Waals surface area contributed by atoms with Crippen LogP contribution in [-0.4, -0.2) is 22.6 Å². The van der Waals surface area contributed by atoms with Gasteiger partial charge in [-0.05, 0) is 44.4 Å². The molecule has 154 valence electrons. The van der Waals surface area contributed by atoms with Gasteiger partial charge in [-0.3, -0.25) is 0 Å². The lowest BCUT2D eigenvalue weighted by Gasteiger charge is -2.32. The molecule has 2 N–H and O–H groups in total. The molecule has 0 heterocycles. The summed E-state index contributed by atoms with van der Waals surface area (Å²) in [6.45, 7) is 18.9.